The van der Waals surface area contributed by atoms with Crippen molar-refractivity contribution in [2.45, 2.75) is 56.9 Å². The van der Waals surface area contributed by atoms with Gasteiger partial charge in [0.25, 0.3) is 0 Å². The molecular weight excluding hydrogens is 376 g/mol. The fourth-order valence-electron chi connectivity index (χ4n) is 3.99. The minimum Gasteiger partial charge on any atom is -0.360 e. The molecule has 1 aromatic heterocycles. The van der Waals surface area contributed by atoms with Gasteiger partial charge < -0.3 is 14.7 Å². The molecule has 0 spiro atoms. The fraction of sp³-hybridized carbons (Fsp3) is 0.824. The minimum absolute atomic E-state index is 0. The molecule has 9 heteroatoms. The van der Waals surface area contributed by atoms with Gasteiger partial charge in [0.05, 0.1) is 0 Å². The van der Waals surface area contributed by atoms with Crippen LogP contribution in [0.25, 0.3) is 0 Å². The van der Waals surface area contributed by atoms with Gasteiger partial charge in [-0.2, -0.15) is 4.31 Å². The standard InChI is InChI=1S/C17H30N4O3S.ClH/c1-14-17(15(2)24-19-14)25(22,23)21(16-7-5-8-18-13-16)12-6-11-20-9-3-4-10-20;/h16,18H,3-13H2,1-2H3;1H. The molecule has 2 saturated heterocycles. The predicted octanol–water partition coefficient (Wildman–Crippen LogP) is 1.94. The van der Waals surface area contributed by atoms with Crippen molar-refractivity contribution in [3.8, 4) is 0 Å². The van der Waals surface area contributed by atoms with Gasteiger partial charge in [0.2, 0.25) is 10.0 Å². The minimum atomic E-state index is -3.60. The van der Waals surface area contributed by atoms with Gasteiger partial charge in [-0.25, -0.2) is 8.42 Å². The van der Waals surface area contributed by atoms with Crippen molar-refractivity contribution in [1.82, 2.24) is 19.7 Å². The van der Waals surface area contributed by atoms with Crippen molar-refractivity contribution in [3.63, 3.8) is 0 Å². The predicted molar refractivity (Wildman–Crippen MR) is 103 cm³/mol. The second-order valence-electron chi connectivity index (χ2n) is 7.17. The van der Waals surface area contributed by atoms with E-state index in [0.29, 0.717) is 24.5 Å². The van der Waals surface area contributed by atoms with Crippen molar-refractivity contribution >= 4 is 22.4 Å². The van der Waals surface area contributed by atoms with Gasteiger partial charge in [0.1, 0.15) is 10.6 Å². The van der Waals surface area contributed by atoms with Crippen molar-refractivity contribution in [3.05, 3.63) is 11.5 Å². The summed E-state index contributed by atoms with van der Waals surface area (Å²) in [5.74, 6) is 0.380. The van der Waals surface area contributed by atoms with Crippen molar-refractivity contribution in [2.24, 2.45) is 0 Å². The molecule has 7 nitrogen and oxygen atoms in total. The maximum atomic E-state index is 13.3. The lowest BCUT2D eigenvalue weighted by Gasteiger charge is -2.34. The van der Waals surface area contributed by atoms with E-state index in [2.05, 4.69) is 15.4 Å². The van der Waals surface area contributed by atoms with Crippen molar-refractivity contribution in [1.29, 1.82) is 0 Å². The van der Waals surface area contributed by atoms with Crippen LogP contribution in [0, 0.1) is 13.8 Å². The molecule has 150 valence electrons. The van der Waals surface area contributed by atoms with Crippen LogP contribution in [-0.4, -0.2) is 68.1 Å². The number of aryl methyl sites for hydroxylation is 2. The zero-order valence-corrected chi connectivity index (χ0v) is 17.4. The molecule has 0 saturated carbocycles. The van der Waals surface area contributed by atoms with Gasteiger partial charge in [-0.1, -0.05) is 5.16 Å². The monoisotopic (exact) mass is 406 g/mol. The van der Waals surface area contributed by atoms with Crippen LogP contribution >= 0.6 is 12.4 Å². The van der Waals surface area contributed by atoms with E-state index < -0.39 is 10.0 Å². The van der Waals surface area contributed by atoms with E-state index in [0.717, 1.165) is 45.4 Å². The van der Waals surface area contributed by atoms with E-state index in [1.54, 1.807) is 18.2 Å². The van der Waals surface area contributed by atoms with E-state index in [-0.39, 0.29) is 23.3 Å². The average molecular weight is 407 g/mol. The summed E-state index contributed by atoms with van der Waals surface area (Å²) in [5.41, 5.74) is 0.450. The van der Waals surface area contributed by atoms with Crippen LogP contribution in [0.2, 0.25) is 0 Å². The quantitative estimate of drug-likeness (QED) is 0.745. The molecule has 0 aromatic carbocycles. The topological polar surface area (TPSA) is 78.7 Å². The molecule has 2 aliphatic rings. The van der Waals surface area contributed by atoms with Crippen LogP contribution in [0.15, 0.2) is 9.42 Å². The molecule has 1 atom stereocenters. The molecule has 0 bridgehead atoms. The van der Waals surface area contributed by atoms with Crippen LogP contribution < -0.4 is 5.32 Å². The number of piperidine rings is 1. The zero-order chi connectivity index (χ0) is 17.9. The molecule has 26 heavy (non-hydrogen) atoms. The highest BCUT2D eigenvalue weighted by Gasteiger charge is 2.36. The summed E-state index contributed by atoms with van der Waals surface area (Å²) in [4.78, 5) is 2.68. The molecule has 1 N–H and O–H groups in total. The Balaban J connectivity index is 0.00000243. The highest BCUT2D eigenvalue weighted by Crippen LogP contribution is 2.27. The molecule has 0 aliphatic carbocycles. The number of hydrogen-bond donors (Lipinski definition) is 1. The van der Waals surface area contributed by atoms with Gasteiger partial charge in [-0.05, 0) is 72.1 Å². The first-order valence-corrected chi connectivity index (χ1v) is 10.8. The van der Waals surface area contributed by atoms with Gasteiger partial charge in [0.15, 0.2) is 5.76 Å². The van der Waals surface area contributed by atoms with Crippen LogP contribution in [-0.2, 0) is 10.0 Å². The van der Waals surface area contributed by atoms with Crippen LogP contribution in [0.5, 0.6) is 0 Å². The number of halogens is 1. The summed E-state index contributed by atoms with van der Waals surface area (Å²) in [6, 6.07) is 0.00558. The molecular formula is C17H31ClN4O3S. The van der Waals surface area contributed by atoms with Gasteiger partial charge in [0, 0.05) is 19.1 Å². The van der Waals surface area contributed by atoms with Gasteiger partial charge >= 0.3 is 0 Å². The Morgan fingerprint density at radius 3 is 2.58 bits per heavy atom. The first kappa shape index (κ1) is 21.6. The Kier molecular flexibility index (Phi) is 7.90. The summed E-state index contributed by atoms with van der Waals surface area (Å²) >= 11 is 0. The Bertz CT molecular complexity index is 648. The van der Waals surface area contributed by atoms with Crippen LogP contribution in [0.1, 0.15) is 43.6 Å². The molecule has 0 amide bonds. The number of nitrogens with one attached hydrogen (secondary N) is 1. The Morgan fingerprint density at radius 2 is 2.00 bits per heavy atom. The van der Waals surface area contributed by atoms with E-state index in [1.807, 2.05) is 0 Å². The molecule has 3 heterocycles. The molecule has 1 unspecified atom stereocenters. The molecule has 0 radical (unpaired) electrons. The largest absolute Gasteiger partial charge is 0.360 e. The third-order valence-electron chi connectivity index (χ3n) is 5.26. The number of nitrogens with zero attached hydrogens (tertiary/aromatic N) is 3. The first-order chi connectivity index (χ1) is 12.0. The lowest BCUT2D eigenvalue weighted by molar-refractivity contribution is 0.246. The first-order valence-electron chi connectivity index (χ1n) is 9.38. The van der Waals surface area contributed by atoms with Gasteiger partial charge in [-0.3, -0.25) is 0 Å². The van der Waals surface area contributed by atoms with Gasteiger partial charge in [-0.15, -0.1) is 12.4 Å². The van der Waals surface area contributed by atoms with Crippen molar-refractivity contribution in [2.75, 3.05) is 39.3 Å². The summed E-state index contributed by atoms with van der Waals surface area (Å²) in [6.45, 7) is 8.85. The zero-order valence-electron chi connectivity index (χ0n) is 15.7. The SMILES string of the molecule is Cc1noc(C)c1S(=O)(=O)N(CCCN1CCCC1)C1CCCNC1.Cl. The molecule has 1 aromatic rings. The molecule has 3 rings (SSSR count). The number of hydrogen-bond acceptors (Lipinski definition) is 6. The maximum absolute atomic E-state index is 13.3. The summed E-state index contributed by atoms with van der Waals surface area (Å²) < 4.78 is 33.5. The maximum Gasteiger partial charge on any atom is 0.248 e. The molecule has 2 aliphatic heterocycles. The number of aromatic nitrogens is 1. The Morgan fingerprint density at radius 1 is 1.27 bits per heavy atom. The summed E-state index contributed by atoms with van der Waals surface area (Å²) in [5, 5.41) is 7.19. The normalized spacial score (nSPS) is 21.9. The highest BCUT2D eigenvalue weighted by molar-refractivity contribution is 7.89. The van der Waals surface area contributed by atoms with E-state index in [9.17, 15) is 8.42 Å². The van der Waals surface area contributed by atoms with E-state index in [4.69, 9.17) is 4.52 Å². The number of likely N-dealkylation sites (tertiary alicyclic amines) is 1. The van der Waals surface area contributed by atoms with Crippen LogP contribution in [0.3, 0.4) is 0 Å². The number of rotatable bonds is 7. The fourth-order valence-corrected chi connectivity index (χ4v) is 5.98. The third kappa shape index (κ3) is 4.78. The Hall–Kier alpha value is -0.670. The van der Waals surface area contributed by atoms with E-state index in [1.165, 1.54) is 12.8 Å². The van der Waals surface area contributed by atoms with Crippen molar-refractivity contribution < 1.29 is 12.9 Å². The second kappa shape index (κ2) is 9.50. The number of sulfonamides is 1. The second-order valence-corrected chi connectivity index (χ2v) is 9.00. The average Bonchev–Trinajstić information content (AvgIpc) is 3.22. The third-order valence-corrected chi connectivity index (χ3v) is 7.46. The van der Waals surface area contributed by atoms with E-state index >= 15 is 0 Å². The highest BCUT2D eigenvalue weighted by atomic mass is 35.5. The Labute approximate surface area is 162 Å². The van der Waals surface area contributed by atoms with Crippen LogP contribution in [0.4, 0.5) is 0 Å². The summed E-state index contributed by atoms with van der Waals surface area (Å²) in [6.07, 6.45) is 5.28. The lowest BCUT2D eigenvalue weighted by atomic mass is 10.1. The molecule has 2 fully saturated rings. The smallest absolute Gasteiger partial charge is 0.248 e. The lowest BCUT2D eigenvalue weighted by Crippen LogP contribution is -2.49. The summed E-state index contributed by atoms with van der Waals surface area (Å²) in [7, 11) is -3.60.